The van der Waals surface area contributed by atoms with Gasteiger partial charge in [-0.05, 0) is 66.8 Å². The number of rotatable bonds is 13. The van der Waals surface area contributed by atoms with E-state index in [-0.39, 0.29) is 23.3 Å². The predicted molar refractivity (Wildman–Crippen MR) is 166 cm³/mol. The first-order chi connectivity index (χ1) is 19.4. The number of sulfonamides is 1. The molecule has 3 aromatic carbocycles. The number of carbonyl (C=O) groups is 2. The van der Waals surface area contributed by atoms with Crippen molar-refractivity contribution in [3.8, 4) is 0 Å². The van der Waals surface area contributed by atoms with Crippen molar-refractivity contribution in [2.24, 2.45) is 0 Å². The van der Waals surface area contributed by atoms with Crippen molar-refractivity contribution in [1.29, 1.82) is 0 Å². The lowest BCUT2D eigenvalue weighted by atomic mass is 10.0. The van der Waals surface area contributed by atoms with Gasteiger partial charge in [0.15, 0.2) is 0 Å². The highest BCUT2D eigenvalue weighted by Crippen LogP contribution is 2.27. The van der Waals surface area contributed by atoms with E-state index in [0.29, 0.717) is 27.8 Å². The van der Waals surface area contributed by atoms with Gasteiger partial charge in [-0.1, -0.05) is 86.8 Å². The van der Waals surface area contributed by atoms with Gasteiger partial charge >= 0.3 is 0 Å². The summed E-state index contributed by atoms with van der Waals surface area (Å²) in [5, 5.41) is 3.64. The van der Waals surface area contributed by atoms with Gasteiger partial charge in [0.1, 0.15) is 12.6 Å². The number of halogens is 2. The molecule has 0 aromatic heterocycles. The van der Waals surface area contributed by atoms with E-state index in [4.69, 9.17) is 23.2 Å². The monoisotopic (exact) mass is 617 g/mol. The number of carbonyl (C=O) groups excluding carboxylic acids is 2. The summed E-state index contributed by atoms with van der Waals surface area (Å²) < 4.78 is 28.8. The minimum atomic E-state index is -4.12. The van der Waals surface area contributed by atoms with Crippen molar-refractivity contribution in [2.75, 3.05) is 17.4 Å². The average Bonchev–Trinajstić information content (AvgIpc) is 2.95. The van der Waals surface area contributed by atoms with E-state index in [1.54, 1.807) is 55.5 Å². The molecule has 0 spiro atoms. The molecule has 0 radical (unpaired) electrons. The SMILES string of the molecule is CCCCNC(=O)C(C)N(Cc1ccc(Cl)cc1Cl)C(=O)CN(c1ccc(C(C)C)cc1)S(=O)(=O)c1ccccc1. The van der Waals surface area contributed by atoms with Crippen LogP contribution in [0, 0.1) is 0 Å². The maximum Gasteiger partial charge on any atom is 0.264 e. The lowest BCUT2D eigenvalue weighted by molar-refractivity contribution is -0.139. The molecule has 7 nitrogen and oxygen atoms in total. The molecule has 0 aliphatic heterocycles. The molecule has 1 unspecified atom stereocenters. The molecule has 220 valence electrons. The zero-order valence-electron chi connectivity index (χ0n) is 23.8. The van der Waals surface area contributed by atoms with Gasteiger partial charge in [0.25, 0.3) is 10.0 Å². The molecule has 3 aromatic rings. The Balaban J connectivity index is 2.02. The van der Waals surface area contributed by atoms with E-state index >= 15 is 0 Å². The summed E-state index contributed by atoms with van der Waals surface area (Å²) >= 11 is 12.5. The first-order valence-electron chi connectivity index (χ1n) is 13.6. The summed E-state index contributed by atoms with van der Waals surface area (Å²) in [6.45, 7) is 7.67. The number of benzene rings is 3. The first-order valence-corrected chi connectivity index (χ1v) is 15.8. The number of hydrogen-bond acceptors (Lipinski definition) is 4. The second kappa shape index (κ2) is 14.7. The molecule has 0 aliphatic rings. The largest absolute Gasteiger partial charge is 0.354 e. The smallest absolute Gasteiger partial charge is 0.264 e. The average molecular weight is 619 g/mol. The Labute approximate surface area is 253 Å². The van der Waals surface area contributed by atoms with Crippen molar-refractivity contribution >= 4 is 50.7 Å². The van der Waals surface area contributed by atoms with E-state index in [9.17, 15) is 18.0 Å². The number of amides is 2. The van der Waals surface area contributed by atoms with Crippen molar-refractivity contribution < 1.29 is 18.0 Å². The van der Waals surface area contributed by atoms with Gasteiger partial charge in [-0.3, -0.25) is 13.9 Å². The molecule has 0 fully saturated rings. The summed E-state index contributed by atoms with van der Waals surface area (Å²) in [7, 11) is -4.12. The zero-order chi connectivity index (χ0) is 30.2. The normalized spacial score (nSPS) is 12.2. The van der Waals surface area contributed by atoms with E-state index in [1.165, 1.54) is 17.0 Å². The molecular weight excluding hydrogens is 581 g/mol. The third kappa shape index (κ3) is 8.47. The number of unbranched alkanes of at least 4 members (excludes halogenated alkanes) is 1. The Morgan fingerprint density at radius 2 is 1.59 bits per heavy atom. The van der Waals surface area contributed by atoms with Crippen LogP contribution in [-0.4, -0.2) is 44.3 Å². The molecule has 0 heterocycles. The summed E-state index contributed by atoms with van der Waals surface area (Å²) in [4.78, 5) is 28.5. The third-order valence-corrected chi connectivity index (χ3v) is 9.19. The molecule has 1 N–H and O–H groups in total. The van der Waals surface area contributed by atoms with Crippen molar-refractivity contribution in [1.82, 2.24) is 10.2 Å². The van der Waals surface area contributed by atoms with E-state index in [2.05, 4.69) is 5.32 Å². The van der Waals surface area contributed by atoms with Crippen LogP contribution >= 0.6 is 23.2 Å². The Bertz CT molecular complexity index is 1430. The standard InChI is InChI=1S/C31H37Cl2N3O4S/c1-5-6-18-34-31(38)23(4)35(20-25-12-15-26(32)19-29(25)33)30(37)21-36(27-16-13-24(14-17-27)22(2)3)41(39,40)28-10-8-7-9-11-28/h7-17,19,22-23H,5-6,18,20-21H2,1-4H3,(H,34,38). The summed E-state index contributed by atoms with van der Waals surface area (Å²) in [5.74, 6) is -0.645. The molecule has 10 heteroatoms. The van der Waals surface area contributed by atoms with Crippen LogP contribution in [0.4, 0.5) is 5.69 Å². The van der Waals surface area contributed by atoms with Crippen LogP contribution < -0.4 is 9.62 Å². The van der Waals surface area contributed by atoms with Gasteiger partial charge in [0.05, 0.1) is 10.6 Å². The fraction of sp³-hybridized carbons (Fsp3) is 0.355. The van der Waals surface area contributed by atoms with Gasteiger partial charge in [-0.25, -0.2) is 8.42 Å². The molecule has 0 bridgehead atoms. The van der Waals surface area contributed by atoms with Crippen LogP contribution in [0.25, 0.3) is 0 Å². The maximum atomic E-state index is 14.0. The quantitative estimate of drug-likeness (QED) is 0.218. The van der Waals surface area contributed by atoms with Crippen LogP contribution in [-0.2, 0) is 26.2 Å². The topological polar surface area (TPSA) is 86.8 Å². The number of anilines is 1. The summed E-state index contributed by atoms with van der Waals surface area (Å²) in [6.07, 6.45) is 1.70. The van der Waals surface area contributed by atoms with Crippen LogP contribution in [0.5, 0.6) is 0 Å². The van der Waals surface area contributed by atoms with Gasteiger partial charge in [-0.15, -0.1) is 0 Å². The molecular formula is C31H37Cl2N3O4S. The van der Waals surface area contributed by atoms with E-state index in [1.807, 2.05) is 32.9 Å². The first kappa shape index (κ1) is 32.4. The zero-order valence-corrected chi connectivity index (χ0v) is 26.1. The fourth-order valence-corrected chi connectivity index (χ4v) is 6.13. The Morgan fingerprint density at radius 3 is 2.17 bits per heavy atom. The van der Waals surface area contributed by atoms with E-state index < -0.39 is 28.5 Å². The Kier molecular flexibility index (Phi) is 11.6. The second-order valence-corrected chi connectivity index (χ2v) is 12.9. The fourth-order valence-electron chi connectivity index (χ4n) is 4.23. The molecule has 0 aliphatic carbocycles. The van der Waals surface area contributed by atoms with Crippen LogP contribution in [0.15, 0.2) is 77.7 Å². The van der Waals surface area contributed by atoms with Crippen LogP contribution in [0.1, 0.15) is 57.6 Å². The van der Waals surface area contributed by atoms with Crippen LogP contribution in [0.2, 0.25) is 10.0 Å². The van der Waals surface area contributed by atoms with Crippen molar-refractivity contribution in [3.05, 3.63) is 94.0 Å². The molecule has 0 saturated carbocycles. The van der Waals surface area contributed by atoms with Gasteiger partial charge in [-0.2, -0.15) is 0 Å². The maximum absolute atomic E-state index is 14.0. The Hall–Kier alpha value is -3.07. The highest BCUT2D eigenvalue weighted by molar-refractivity contribution is 7.92. The van der Waals surface area contributed by atoms with Crippen LogP contribution in [0.3, 0.4) is 0 Å². The lowest BCUT2D eigenvalue weighted by Gasteiger charge is -2.32. The molecule has 0 saturated heterocycles. The molecule has 3 rings (SSSR count). The molecule has 41 heavy (non-hydrogen) atoms. The van der Waals surface area contributed by atoms with Gasteiger partial charge in [0, 0.05) is 23.1 Å². The molecule has 1 atom stereocenters. The number of hydrogen-bond donors (Lipinski definition) is 1. The number of nitrogens with one attached hydrogen (secondary N) is 1. The van der Waals surface area contributed by atoms with Crippen molar-refractivity contribution in [2.45, 2.75) is 63.9 Å². The summed E-state index contributed by atoms with van der Waals surface area (Å²) in [5.41, 5.74) is 1.96. The number of nitrogens with zero attached hydrogens (tertiary/aromatic N) is 2. The third-order valence-electron chi connectivity index (χ3n) is 6.81. The Morgan fingerprint density at radius 1 is 0.927 bits per heavy atom. The summed E-state index contributed by atoms with van der Waals surface area (Å²) in [6, 6.07) is 19.1. The van der Waals surface area contributed by atoms with Gasteiger partial charge in [0.2, 0.25) is 11.8 Å². The molecule has 2 amide bonds. The highest BCUT2D eigenvalue weighted by Gasteiger charge is 2.32. The highest BCUT2D eigenvalue weighted by atomic mass is 35.5. The van der Waals surface area contributed by atoms with E-state index in [0.717, 1.165) is 22.7 Å². The van der Waals surface area contributed by atoms with Crippen molar-refractivity contribution in [3.63, 3.8) is 0 Å². The predicted octanol–water partition coefficient (Wildman–Crippen LogP) is 6.65. The van der Waals surface area contributed by atoms with Gasteiger partial charge < -0.3 is 10.2 Å². The minimum absolute atomic E-state index is 0.0112. The second-order valence-electron chi connectivity index (χ2n) is 10.1. The minimum Gasteiger partial charge on any atom is -0.354 e. The lowest BCUT2D eigenvalue weighted by Crippen LogP contribution is -2.51.